The summed E-state index contributed by atoms with van der Waals surface area (Å²) in [5, 5.41) is 0. The lowest BCUT2D eigenvalue weighted by Gasteiger charge is -2.10. The van der Waals surface area contributed by atoms with Crippen molar-refractivity contribution in [3.05, 3.63) is 28.2 Å². The molecular formula is C12H15BrO2. The number of rotatable bonds is 5. The van der Waals surface area contributed by atoms with Gasteiger partial charge in [0.05, 0.1) is 11.1 Å². The Kier molecular flexibility index (Phi) is 4.82. The molecule has 1 aromatic carbocycles. The Morgan fingerprint density at radius 1 is 1.47 bits per heavy atom. The summed E-state index contributed by atoms with van der Waals surface area (Å²) in [7, 11) is 0. The first kappa shape index (κ1) is 12.2. The zero-order valence-corrected chi connectivity index (χ0v) is 10.6. The van der Waals surface area contributed by atoms with Crippen LogP contribution in [0.2, 0.25) is 0 Å². The minimum atomic E-state index is 0.429. The Morgan fingerprint density at radius 2 is 2.20 bits per heavy atom. The van der Waals surface area contributed by atoms with Gasteiger partial charge >= 0.3 is 0 Å². The quantitative estimate of drug-likeness (QED) is 0.604. The van der Waals surface area contributed by atoms with Crippen LogP contribution in [0.1, 0.15) is 31.7 Å². The van der Waals surface area contributed by atoms with Crippen molar-refractivity contribution < 1.29 is 9.53 Å². The van der Waals surface area contributed by atoms with E-state index in [2.05, 4.69) is 35.8 Å². The SMILES string of the molecule is CC(C)c1ccc(OCCC=O)c(Br)c1. The van der Waals surface area contributed by atoms with Gasteiger partial charge in [-0.3, -0.25) is 0 Å². The molecule has 0 aromatic heterocycles. The van der Waals surface area contributed by atoms with Crippen molar-refractivity contribution in [2.75, 3.05) is 6.61 Å². The maximum Gasteiger partial charge on any atom is 0.133 e. The first-order valence-corrected chi connectivity index (χ1v) is 5.80. The molecule has 0 bridgehead atoms. The maximum absolute atomic E-state index is 10.1. The predicted molar refractivity (Wildman–Crippen MR) is 64.4 cm³/mol. The molecule has 0 aliphatic rings. The second-order valence-corrected chi connectivity index (χ2v) is 4.50. The lowest BCUT2D eigenvalue weighted by atomic mass is 10.0. The van der Waals surface area contributed by atoms with E-state index in [4.69, 9.17) is 4.74 Å². The van der Waals surface area contributed by atoms with Crippen LogP contribution in [-0.4, -0.2) is 12.9 Å². The number of ether oxygens (including phenoxy) is 1. The number of carbonyl (C=O) groups excluding carboxylic acids is 1. The summed E-state index contributed by atoms with van der Waals surface area (Å²) in [6, 6.07) is 6.04. The van der Waals surface area contributed by atoms with Crippen molar-refractivity contribution in [3.8, 4) is 5.75 Å². The fourth-order valence-corrected chi connectivity index (χ4v) is 1.72. The molecule has 2 nitrogen and oxygen atoms in total. The Bertz CT molecular complexity index is 334. The van der Waals surface area contributed by atoms with Gasteiger partial charge in [-0.25, -0.2) is 0 Å². The highest BCUT2D eigenvalue weighted by Crippen LogP contribution is 2.28. The van der Waals surface area contributed by atoms with E-state index in [1.165, 1.54) is 5.56 Å². The number of aldehydes is 1. The molecule has 0 saturated carbocycles. The molecule has 0 amide bonds. The Morgan fingerprint density at radius 3 is 2.73 bits per heavy atom. The van der Waals surface area contributed by atoms with Gasteiger partial charge in [-0.1, -0.05) is 19.9 Å². The number of carbonyl (C=O) groups is 1. The summed E-state index contributed by atoms with van der Waals surface area (Å²) in [5.41, 5.74) is 1.27. The third kappa shape index (κ3) is 3.67. The predicted octanol–water partition coefficient (Wildman–Crippen LogP) is 3.54. The van der Waals surface area contributed by atoms with Gasteiger partial charge in [0, 0.05) is 6.42 Å². The monoisotopic (exact) mass is 270 g/mol. The van der Waals surface area contributed by atoms with E-state index in [0.717, 1.165) is 16.5 Å². The van der Waals surface area contributed by atoms with Crippen molar-refractivity contribution in [2.24, 2.45) is 0 Å². The molecule has 0 spiro atoms. The Balaban J connectivity index is 2.70. The molecule has 0 aliphatic carbocycles. The van der Waals surface area contributed by atoms with Gasteiger partial charge in [-0.05, 0) is 39.5 Å². The van der Waals surface area contributed by atoms with E-state index in [-0.39, 0.29) is 0 Å². The Hall–Kier alpha value is -0.830. The highest BCUT2D eigenvalue weighted by molar-refractivity contribution is 9.10. The van der Waals surface area contributed by atoms with E-state index >= 15 is 0 Å². The van der Waals surface area contributed by atoms with Gasteiger partial charge in [0.25, 0.3) is 0 Å². The molecule has 1 rings (SSSR count). The van der Waals surface area contributed by atoms with Crippen molar-refractivity contribution in [1.29, 1.82) is 0 Å². The molecule has 82 valence electrons. The normalized spacial score (nSPS) is 10.4. The number of halogens is 1. The van der Waals surface area contributed by atoms with Crippen LogP contribution < -0.4 is 4.74 Å². The minimum absolute atomic E-state index is 0.429. The first-order chi connectivity index (χ1) is 7.15. The zero-order chi connectivity index (χ0) is 11.3. The molecule has 0 aliphatic heterocycles. The standard InChI is InChI=1S/C12H15BrO2/c1-9(2)10-4-5-12(11(13)8-10)15-7-3-6-14/h4-6,8-9H,3,7H2,1-2H3. The van der Waals surface area contributed by atoms with Gasteiger partial charge < -0.3 is 9.53 Å². The largest absolute Gasteiger partial charge is 0.492 e. The van der Waals surface area contributed by atoms with Crippen LogP contribution >= 0.6 is 15.9 Å². The maximum atomic E-state index is 10.1. The highest BCUT2D eigenvalue weighted by Gasteiger charge is 2.04. The minimum Gasteiger partial charge on any atom is -0.492 e. The van der Waals surface area contributed by atoms with Gasteiger partial charge in [0.1, 0.15) is 12.0 Å². The third-order valence-electron chi connectivity index (χ3n) is 2.12. The highest BCUT2D eigenvalue weighted by atomic mass is 79.9. The molecule has 0 unspecified atom stereocenters. The van der Waals surface area contributed by atoms with E-state index in [1.54, 1.807) is 0 Å². The fraction of sp³-hybridized carbons (Fsp3) is 0.417. The van der Waals surface area contributed by atoms with Gasteiger partial charge in [0.15, 0.2) is 0 Å². The second kappa shape index (κ2) is 5.91. The zero-order valence-electron chi connectivity index (χ0n) is 9.00. The smallest absolute Gasteiger partial charge is 0.133 e. The van der Waals surface area contributed by atoms with Crippen molar-refractivity contribution >= 4 is 22.2 Å². The van der Waals surface area contributed by atoms with Gasteiger partial charge in [0.2, 0.25) is 0 Å². The summed E-state index contributed by atoms with van der Waals surface area (Å²) >= 11 is 3.45. The van der Waals surface area contributed by atoms with Crippen LogP contribution in [0.15, 0.2) is 22.7 Å². The summed E-state index contributed by atoms with van der Waals surface area (Å²) in [5.74, 6) is 1.30. The molecule has 0 radical (unpaired) electrons. The van der Waals surface area contributed by atoms with E-state index in [1.807, 2.05) is 12.1 Å². The molecule has 0 saturated heterocycles. The molecule has 0 heterocycles. The van der Waals surface area contributed by atoms with Gasteiger partial charge in [-0.15, -0.1) is 0 Å². The van der Waals surface area contributed by atoms with Gasteiger partial charge in [-0.2, -0.15) is 0 Å². The lowest BCUT2D eigenvalue weighted by Crippen LogP contribution is -1.99. The number of hydrogen-bond acceptors (Lipinski definition) is 2. The van der Waals surface area contributed by atoms with Crippen molar-refractivity contribution in [1.82, 2.24) is 0 Å². The summed E-state index contributed by atoms with van der Waals surface area (Å²) in [6.07, 6.45) is 1.29. The summed E-state index contributed by atoms with van der Waals surface area (Å²) < 4.78 is 6.38. The number of hydrogen-bond donors (Lipinski definition) is 0. The van der Waals surface area contributed by atoms with Crippen LogP contribution in [0.3, 0.4) is 0 Å². The van der Waals surface area contributed by atoms with E-state index in [0.29, 0.717) is 18.9 Å². The Labute approximate surface area is 98.8 Å². The second-order valence-electron chi connectivity index (χ2n) is 3.65. The summed E-state index contributed by atoms with van der Waals surface area (Å²) in [6.45, 7) is 4.73. The van der Waals surface area contributed by atoms with E-state index in [9.17, 15) is 4.79 Å². The molecule has 0 fully saturated rings. The average molecular weight is 271 g/mol. The molecule has 0 N–H and O–H groups in total. The lowest BCUT2D eigenvalue weighted by molar-refractivity contribution is -0.108. The summed E-state index contributed by atoms with van der Waals surface area (Å²) in [4.78, 5) is 10.1. The van der Waals surface area contributed by atoms with Crippen LogP contribution in [0, 0.1) is 0 Å². The fourth-order valence-electron chi connectivity index (χ4n) is 1.21. The van der Waals surface area contributed by atoms with Crippen LogP contribution in [0.5, 0.6) is 5.75 Å². The molecule has 15 heavy (non-hydrogen) atoms. The topological polar surface area (TPSA) is 26.3 Å². The van der Waals surface area contributed by atoms with Crippen molar-refractivity contribution in [2.45, 2.75) is 26.2 Å². The third-order valence-corrected chi connectivity index (χ3v) is 2.74. The van der Waals surface area contributed by atoms with E-state index < -0.39 is 0 Å². The van der Waals surface area contributed by atoms with Crippen LogP contribution in [0.4, 0.5) is 0 Å². The molecule has 3 heteroatoms. The molecule has 0 atom stereocenters. The van der Waals surface area contributed by atoms with Crippen LogP contribution in [-0.2, 0) is 4.79 Å². The van der Waals surface area contributed by atoms with Crippen molar-refractivity contribution in [3.63, 3.8) is 0 Å². The first-order valence-electron chi connectivity index (χ1n) is 5.01. The number of benzene rings is 1. The molecular weight excluding hydrogens is 256 g/mol. The average Bonchev–Trinajstić information content (AvgIpc) is 2.20. The van der Waals surface area contributed by atoms with Crippen LogP contribution in [0.25, 0.3) is 0 Å². The molecule has 1 aromatic rings.